The summed E-state index contributed by atoms with van der Waals surface area (Å²) >= 11 is 0. The summed E-state index contributed by atoms with van der Waals surface area (Å²) in [6.45, 7) is 6.82. The first kappa shape index (κ1) is 17.4. The molecule has 2 nitrogen and oxygen atoms in total. The van der Waals surface area contributed by atoms with E-state index in [-0.39, 0.29) is 18.0 Å². The average Bonchev–Trinajstić information content (AvgIpc) is 2.47. The van der Waals surface area contributed by atoms with Crippen LogP contribution < -0.4 is 4.74 Å². The van der Waals surface area contributed by atoms with Crippen LogP contribution in [-0.4, -0.2) is 13.9 Å². The fourth-order valence-corrected chi connectivity index (χ4v) is 3.68. The molecular weight excluding hydrogens is 307 g/mol. The minimum atomic E-state index is -1.45. The zero-order chi connectivity index (χ0) is 16.9. The monoisotopic (exact) mass is 330 g/mol. The van der Waals surface area contributed by atoms with Gasteiger partial charge >= 0.3 is 0 Å². The minimum Gasteiger partial charge on any atom is -0.489 e. The van der Waals surface area contributed by atoms with Crippen molar-refractivity contribution in [1.29, 1.82) is 0 Å². The first-order valence-corrected chi connectivity index (χ1v) is 11.5. The van der Waals surface area contributed by atoms with Crippen LogP contribution in [0.15, 0.2) is 48.5 Å². The van der Waals surface area contributed by atoms with Crippen molar-refractivity contribution >= 4 is 13.9 Å². The minimum absolute atomic E-state index is 0.112. The highest BCUT2D eigenvalue weighted by atomic mass is 28.3. The summed E-state index contributed by atoms with van der Waals surface area (Å²) in [5, 5.41) is 0. The third-order valence-corrected chi connectivity index (χ3v) is 4.84. The molecular formula is C19H23FO2Si. The van der Waals surface area contributed by atoms with E-state index >= 15 is 0 Å². The van der Waals surface area contributed by atoms with Gasteiger partial charge in [0.25, 0.3) is 0 Å². The Morgan fingerprint density at radius 2 is 1.78 bits per heavy atom. The van der Waals surface area contributed by atoms with E-state index in [4.69, 9.17) is 4.74 Å². The molecule has 0 heterocycles. The lowest BCUT2D eigenvalue weighted by Gasteiger charge is -2.14. The summed E-state index contributed by atoms with van der Waals surface area (Å²) in [4.78, 5) is 12.0. The second kappa shape index (κ2) is 7.55. The summed E-state index contributed by atoms with van der Waals surface area (Å²) in [6, 6.07) is 15.0. The Hall–Kier alpha value is -1.94. The van der Waals surface area contributed by atoms with Gasteiger partial charge < -0.3 is 4.74 Å². The Bertz CT molecular complexity index is 663. The molecule has 0 unspecified atom stereocenters. The lowest BCUT2D eigenvalue weighted by atomic mass is 10.1. The van der Waals surface area contributed by atoms with Gasteiger partial charge in [0.1, 0.15) is 24.0 Å². The van der Waals surface area contributed by atoms with Crippen molar-refractivity contribution in [3.8, 4) is 5.75 Å². The van der Waals surface area contributed by atoms with Crippen LogP contribution in [0.2, 0.25) is 25.7 Å². The highest BCUT2D eigenvalue weighted by Gasteiger charge is 2.19. The fourth-order valence-electron chi connectivity index (χ4n) is 2.37. The number of ketones is 1. The van der Waals surface area contributed by atoms with Crippen molar-refractivity contribution in [1.82, 2.24) is 0 Å². The largest absolute Gasteiger partial charge is 0.489 e. The predicted molar refractivity (Wildman–Crippen MR) is 94.0 cm³/mol. The smallest absolute Gasteiger partial charge is 0.134 e. The highest BCUT2D eigenvalue weighted by Crippen LogP contribution is 2.20. The van der Waals surface area contributed by atoms with Gasteiger partial charge in [-0.3, -0.25) is 4.79 Å². The first-order chi connectivity index (χ1) is 10.8. The van der Waals surface area contributed by atoms with Gasteiger partial charge in [0, 0.05) is 18.5 Å². The van der Waals surface area contributed by atoms with Crippen molar-refractivity contribution in [2.45, 2.75) is 38.7 Å². The normalized spacial score (nSPS) is 11.3. The molecule has 2 rings (SSSR count). The van der Waals surface area contributed by atoms with Crippen molar-refractivity contribution in [2.75, 3.05) is 0 Å². The fraction of sp³-hybridized carbons (Fsp3) is 0.316. The Labute approximate surface area is 138 Å². The third-order valence-electron chi connectivity index (χ3n) is 3.39. The van der Waals surface area contributed by atoms with E-state index in [0.717, 1.165) is 5.56 Å². The molecule has 0 amide bonds. The number of hydrogen-bond acceptors (Lipinski definition) is 2. The number of carbonyl (C=O) groups is 1. The molecule has 0 radical (unpaired) electrons. The van der Waals surface area contributed by atoms with Gasteiger partial charge in [0.05, 0.1) is 8.07 Å². The predicted octanol–water partition coefficient (Wildman–Crippen LogP) is 4.85. The molecule has 122 valence electrons. The number of carbonyl (C=O) groups excluding carboxylic acids is 1. The molecule has 0 aliphatic rings. The molecule has 2 aromatic rings. The van der Waals surface area contributed by atoms with E-state index in [1.54, 1.807) is 12.1 Å². The zero-order valence-electron chi connectivity index (χ0n) is 13.9. The van der Waals surface area contributed by atoms with Crippen LogP contribution >= 0.6 is 0 Å². The lowest BCUT2D eigenvalue weighted by Crippen LogP contribution is -2.25. The molecule has 0 N–H and O–H groups in total. The van der Waals surface area contributed by atoms with Gasteiger partial charge in [-0.15, -0.1) is 0 Å². The second-order valence-electron chi connectivity index (χ2n) is 6.98. The molecule has 0 bridgehead atoms. The number of rotatable bonds is 7. The number of ether oxygens (including phenoxy) is 1. The Morgan fingerprint density at radius 3 is 2.39 bits per heavy atom. The summed E-state index contributed by atoms with van der Waals surface area (Å²) in [6.07, 6.45) is 0.162. The van der Waals surface area contributed by atoms with Crippen molar-refractivity contribution < 1.29 is 13.9 Å². The van der Waals surface area contributed by atoms with Gasteiger partial charge in [-0.25, -0.2) is 4.39 Å². The molecule has 0 fully saturated rings. The van der Waals surface area contributed by atoms with Crippen LogP contribution in [0.3, 0.4) is 0 Å². The van der Waals surface area contributed by atoms with E-state index in [9.17, 15) is 9.18 Å². The van der Waals surface area contributed by atoms with Gasteiger partial charge in [0.15, 0.2) is 0 Å². The van der Waals surface area contributed by atoms with Crippen LogP contribution in [0.5, 0.6) is 5.75 Å². The SMILES string of the molecule is C[Si](C)(C)CC(=O)Cc1ccc(OCc2ccccc2)cc1F. The molecule has 4 heteroatoms. The summed E-state index contributed by atoms with van der Waals surface area (Å²) in [7, 11) is -1.45. The van der Waals surface area contributed by atoms with E-state index in [2.05, 4.69) is 19.6 Å². The van der Waals surface area contributed by atoms with Crippen LogP contribution in [0.1, 0.15) is 11.1 Å². The van der Waals surface area contributed by atoms with E-state index in [1.165, 1.54) is 6.07 Å². The maximum absolute atomic E-state index is 14.1. The quantitative estimate of drug-likeness (QED) is 0.678. The molecule has 0 atom stereocenters. The zero-order valence-corrected chi connectivity index (χ0v) is 14.9. The van der Waals surface area contributed by atoms with Crippen LogP contribution in [0, 0.1) is 5.82 Å². The molecule has 0 aliphatic heterocycles. The molecule has 0 aliphatic carbocycles. The number of hydrogen-bond donors (Lipinski definition) is 0. The molecule has 0 saturated heterocycles. The van der Waals surface area contributed by atoms with Crippen LogP contribution in [0.25, 0.3) is 0 Å². The van der Waals surface area contributed by atoms with Gasteiger partial charge in [-0.05, 0) is 17.2 Å². The molecule has 2 aromatic carbocycles. The van der Waals surface area contributed by atoms with E-state index in [0.29, 0.717) is 24.0 Å². The Kier molecular flexibility index (Phi) is 5.72. The standard InChI is InChI=1S/C19H23FO2Si/c1-23(2,3)14-17(21)11-16-9-10-18(12-19(16)20)22-13-15-7-5-4-6-8-15/h4-10,12H,11,13-14H2,1-3H3. The van der Waals surface area contributed by atoms with E-state index in [1.807, 2.05) is 30.3 Å². The van der Waals surface area contributed by atoms with Crippen molar-refractivity contribution in [2.24, 2.45) is 0 Å². The topological polar surface area (TPSA) is 26.3 Å². The van der Waals surface area contributed by atoms with Crippen LogP contribution in [-0.2, 0) is 17.8 Å². The van der Waals surface area contributed by atoms with Crippen LogP contribution in [0.4, 0.5) is 4.39 Å². The van der Waals surface area contributed by atoms with Gasteiger partial charge in [-0.2, -0.15) is 0 Å². The van der Waals surface area contributed by atoms with Crippen molar-refractivity contribution in [3.05, 3.63) is 65.5 Å². The first-order valence-electron chi connectivity index (χ1n) is 7.80. The summed E-state index contributed by atoms with van der Waals surface area (Å²) in [5.74, 6) is 0.216. The molecule has 0 aromatic heterocycles. The number of benzene rings is 2. The lowest BCUT2D eigenvalue weighted by molar-refractivity contribution is -0.116. The Balaban J connectivity index is 1.96. The second-order valence-corrected chi connectivity index (χ2v) is 12.5. The molecule has 23 heavy (non-hydrogen) atoms. The summed E-state index contributed by atoms with van der Waals surface area (Å²) in [5.41, 5.74) is 1.47. The van der Waals surface area contributed by atoms with Gasteiger partial charge in [0.2, 0.25) is 0 Å². The van der Waals surface area contributed by atoms with Crippen molar-refractivity contribution in [3.63, 3.8) is 0 Å². The number of Topliss-reactive ketones (excluding diaryl/α,β-unsaturated/α-hetero) is 1. The van der Waals surface area contributed by atoms with E-state index < -0.39 is 8.07 Å². The summed E-state index contributed by atoms with van der Waals surface area (Å²) < 4.78 is 19.7. The van der Waals surface area contributed by atoms with Gasteiger partial charge in [-0.1, -0.05) is 56.0 Å². The highest BCUT2D eigenvalue weighted by molar-refractivity contribution is 6.78. The maximum Gasteiger partial charge on any atom is 0.134 e. The Morgan fingerprint density at radius 1 is 1.09 bits per heavy atom. The number of halogens is 1. The maximum atomic E-state index is 14.1. The molecule has 0 saturated carbocycles. The third kappa shape index (κ3) is 5.98. The molecule has 0 spiro atoms. The average molecular weight is 330 g/mol.